The lowest BCUT2D eigenvalue weighted by atomic mass is 9.89. The van der Waals surface area contributed by atoms with Gasteiger partial charge in [0.25, 0.3) is 5.91 Å². The number of methoxy groups -OCH3 is 1. The van der Waals surface area contributed by atoms with E-state index in [1.165, 1.54) is 32.1 Å². The zero-order valence-corrected chi connectivity index (χ0v) is 17.8. The van der Waals surface area contributed by atoms with Gasteiger partial charge in [-0.15, -0.1) is 11.3 Å². The predicted octanol–water partition coefficient (Wildman–Crippen LogP) is 5.27. The second-order valence-corrected chi connectivity index (χ2v) is 8.63. The molecule has 4 rings (SSSR count). The Balaban J connectivity index is 1.69. The van der Waals surface area contributed by atoms with Crippen molar-refractivity contribution in [2.75, 3.05) is 7.11 Å². The third-order valence-electron chi connectivity index (χ3n) is 5.90. The Morgan fingerprint density at radius 1 is 1.24 bits per heavy atom. The molecule has 152 valence electrons. The third kappa shape index (κ3) is 4.08. The van der Waals surface area contributed by atoms with Crippen LogP contribution in [-0.4, -0.2) is 22.6 Å². The van der Waals surface area contributed by atoms with Gasteiger partial charge in [0.1, 0.15) is 10.8 Å². The van der Waals surface area contributed by atoms with E-state index in [1.54, 1.807) is 18.4 Å². The molecule has 0 bridgehead atoms. The number of rotatable bonds is 6. The average Bonchev–Trinajstić information content (AvgIpc) is 3.34. The first-order valence-corrected chi connectivity index (χ1v) is 11.0. The maximum atomic E-state index is 12.0. The van der Waals surface area contributed by atoms with Gasteiger partial charge < -0.3 is 15.0 Å². The third-order valence-corrected chi connectivity index (χ3v) is 6.79. The summed E-state index contributed by atoms with van der Waals surface area (Å²) >= 11 is 1.61. The van der Waals surface area contributed by atoms with Crippen molar-refractivity contribution in [3.63, 3.8) is 0 Å². The van der Waals surface area contributed by atoms with Gasteiger partial charge in [0.2, 0.25) is 0 Å². The van der Waals surface area contributed by atoms with E-state index in [9.17, 15) is 4.79 Å². The van der Waals surface area contributed by atoms with Crippen molar-refractivity contribution >= 4 is 17.2 Å². The van der Waals surface area contributed by atoms with Gasteiger partial charge in [0, 0.05) is 23.2 Å². The normalized spacial score (nSPS) is 14.8. The summed E-state index contributed by atoms with van der Waals surface area (Å²) in [6.45, 7) is 2.91. The number of aromatic nitrogens is 2. The zero-order chi connectivity index (χ0) is 20.4. The number of carbonyl (C=O) groups is 1. The number of nitrogens with two attached hydrogens (primary N) is 1. The summed E-state index contributed by atoms with van der Waals surface area (Å²) < 4.78 is 7.49. The number of amides is 1. The second-order valence-electron chi connectivity index (χ2n) is 7.77. The molecule has 1 aliphatic rings. The standard InChI is InChI=1S/C23H27N3O2S/c1-15-19(22(24)27)12-21(26(15)13-16-6-4-3-5-7-16)20-14-29-23(25-20)17-8-10-18(28-2)11-9-17/h8-12,14,16H,3-7,13H2,1-2H3,(H2,24,27). The van der Waals surface area contributed by atoms with E-state index in [0.29, 0.717) is 11.5 Å². The van der Waals surface area contributed by atoms with Gasteiger partial charge in [-0.3, -0.25) is 4.79 Å². The minimum Gasteiger partial charge on any atom is -0.497 e. The highest BCUT2D eigenvalue weighted by Crippen LogP contribution is 2.34. The van der Waals surface area contributed by atoms with Gasteiger partial charge in [-0.2, -0.15) is 0 Å². The maximum Gasteiger partial charge on any atom is 0.250 e. The number of primary amides is 1. The Kier molecular flexibility index (Phi) is 5.72. The molecule has 0 aliphatic heterocycles. The molecule has 2 N–H and O–H groups in total. The van der Waals surface area contributed by atoms with Crippen LogP contribution >= 0.6 is 11.3 Å². The lowest BCUT2D eigenvalue weighted by Crippen LogP contribution is -2.17. The summed E-state index contributed by atoms with van der Waals surface area (Å²) in [5.74, 6) is 1.10. The fourth-order valence-electron chi connectivity index (χ4n) is 4.23. The van der Waals surface area contributed by atoms with Crippen molar-refractivity contribution in [3.05, 3.63) is 47.0 Å². The van der Waals surface area contributed by atoms with Gasteiger partial charge in [-0.1, -0.05) is 19.3 Å². The van der Waals surface area contributed by atoms with Crippen LogP contribution in [0.4, 0.5) is 0 Å². The fraction of sp³-hybridized carbons (Fsp3) is 0.391. The molecule has 1 fully saturated rings. The lowest BCUT2D eigenvalue weighted by Gasteiger charge is -2.24. The molecular weight excluding hydrogens is 382 g/mol. The zero-order valence-electron chi connectivity index (χ0n) is 17.0. The molecule has 0 atom stereocenters. The summed E-state index contributed by atoms with van der Waals surface area (Å²) in [5, 5.41) is 3.02. The molecule has 6 heteroatoms. The van der Waals surface area contributed by atoms with Gasteiger partial charge >= 0.3 is 0 Å². The first-order chi connectivity index (χ1) is 14.1. The fourth-order valence-corrected chi connectivity index (χ4v) is 5.05. The summed E-state index contributed by atoms with van der Waals surface area (Å²) in [6.07, 6.45) is 6.41. The molecule has 0 unspecified atom stereocenters. The number of nitrogens with zero attached hydrogens (tertiary/aromatic N) is 2. The minimum absolute atomic E-state index is 0.378. The van der Waals surface area contributed by atoms with Crippen molar-refractivity contribution in [2.45, 2.75) is 45.6 Å². The maximum absolute atomic E-state index is 12.0. The summed E-state index contributed by atoms with van der Waals surface area (Å²) in [7, 11) is 1.66. The van der Waals surface area contributed by atoms with Gasteiger partial charge in [-0.25, -0.2) is 4.98 Å². The second kappa shape index (κ2) is 8.41. The van der Waals surface area contributed by atoms with Crippen LogP contribution in [0.2, 0.25) is 0 Å². The van der Waals surface area contributed by atoms with Crippen LogP contribution in [0.3, 0.4) is 0 Å². The van der Waals surface area contributed by atoms with Crippen molar-refractivity contribution < 1.29 is 9.53 Å². The largest absolute Gasteiger partial charge is 0.497 e. The molecule has 1 saturated carbocycles. The van der Waals surface area contributed by atoms with E-state index in [4.69, 9.17) is 15.5 Å². The SMILES string of the molecule is COc1ccc(-c2nc(-c3cc(C(N)=O)c(C)n3CC3CCCCC3)cs2)cc1. The van der Waals surface area contributed by atoms with Crippen LogP contribution in [0.25, 0.3) is 22.0 Å². The molecule has 2 heterocycles. The van der Waals surface area contributed by atoms with E-state index >= 15 is 0 Å². The topological polar surface area (TPSA) is 70.1 Å². The highest BCUT2D eigenvalue weighted by molar-refractivity contribution is 7.13. The van der Waals surface area contributed by atoms with Crippen LogP contribution in [0, 0.1) is 12.8 Å². The van der Waals surface area contributed by atoms with Crippen LogP contribution in [0.1, 0.15) is 48.2 Å². The Morgan fingerprint density at radius 3 is 2.62 bits per heavy atom. The number of benzene rings is 1. The number of ether oxygens (including phenoxy) is 1. The Labute approximate surface area is 175 Å². The molecule has 2 aromatic heterocycles. The predicted molar refractivity (Wildman–Crippen MR) is 117 cm³/mol. The van der Waals surface area contributed by atoms with Crippen LogP contribution in [0.5, 0.6) is 5.75 Å². The van der Waals surface area contributed by atoms with Crippen molar-refractivity contribution in [1.29, 1.82) is 0 Å². The number of hydrogen-bond donors (Lipinski definition) is 1. The van der Waals surface area contributed by atoms with E-state index in [-0.39, 0.29) is 5.91 Å². The smallest absolute Gasteiger partial charge is 0.250 e. The lowest BCUT2D eigenvalue weighted by molar-refractivity contribution is 0.0999. The summed E-state index contributed by atoms with van der Waals surface area (Å²) in [4.78, 5) is 16.9. The minimum atomic E-state index is -0.378. The van der Waals surface area contributed by atoms with E-state index in [0.717, 1.165) is 39.9 Å². The Hall–Kier alpha value is -2.60. The number of carbonyl (C=O) groups excluding carboxylic acids is 1. The molecule has 0 radical (unpaired) electrons. The van der Waals surface area contributed by atoms with E-state index in [2.05, 4.69) is 9.95 Å². The molecular formula is C23H27N3O2S. The van der Waals surface area contributed by atoms with Crippen molar-refractivity contribution in [3.8, 4) is 27.7 Å². The van der Waals surface area contributed by atoms with Gasteiger partial charge in [-0.05, 0) is 56.0 Å². The van der Waals surface area contributed by atoms with E-state index in [1.807, 2.05) is 37.3 Å². The van der Waals surface area contributed by atoms with E-state index < -0.39 is 0 Å². The first-order valence-electron chi connectivity index (χ1n) is 10.2. The molecule has 0 saturated heterocycles. The number of hydrogen-bond acceptors (Lipinski definition) is 4. The molecule has 1 amide bonds. The number of thiazole rings is 1. The summed E-state index contributed by atoms with van der Waals surface area (Å²) in [5.41, 5.74) is 10.1. The highest BCUT2D eigenvalue weighted by atomic mass is 32.1. The molecule has 0 spiro atoms. The quantitative estimate of drug-likeness (QED) is 0.602. The van der Waals surface area contributed by atoms with Gasteiger partial charge in [0.15, 0.2) is 0 Å². The Bertz CT molecular complexity index is 998. The first kappa shape index (κ1) is 19.7. The molecule has 3 aromatic rings. The molecule has 5 nitrogen and oxygen atoms in total. The van der Waals surface area contributed by atoms with Crippen molar-refractivity contribution in [1.82, 2.24) is 9.55 Å². The Morgan fingerprint density at radius 2 is 1.97 bits per heavy atom. The molecule has 1 aliphatic carbocycles. The van der Waals surface area contributed by atoms with Gasteiger partial charge in [0.05, 0.1) is 24.1 Å². The van der Waals surface area contributed by atoms with Crippen LogP contribution in [-0.2, 0) is 6.54 Å². The van der Waals surface area contributed by atoms with Crippen LogP contribution < -0.4 is 10.5 Å². The van der Waals surface area contributed by atoms with Crippen LogP contribution in [0.15, 0.2) is 35.7 Å². The highest BCUT2D eigenvalue weighted by Gasteiger charge is 2.22. The molecule has 29 heavy (non-hydrogen) atoms. The average molecular weight is 410 g/mol. The van der Waals surface area contributed by atoms with Crippen molar-refractivity contribution in [2.24, 2.45) is 11.7 Å². The molecule has 1 aromatic carbocycles. The summed E-state index contributed by atoms with van der Waals surface area (Å²) in [6, 6.07) is 9.83. The monoisotopic (exact) mass is 409 g/mol.